The van der Waals surface area contributed by atoms with Gasteiger partial charge in [0.15, 0.2) is 5.84 Å². The number of rotatable bonds is 2. The second-order valence-electron chi connectivity index (χ2n) is 7.76. The summed E-state index contributed by atoms with van der Waals surface area (Å²) in [4.78, 5) is 14.8. The van der Waals surface area contributed by atoms with Gasteiger partial charge in [-0.3, -0.25) is 4.90 Å². The molecule has 2 aromatic carbocycles. The first kappa shape index (κ1) is 18.3. The Morgan fingerprint density at radius 3 is 2.72 bits per heavy atom. The number of fused-ring (bicyclic) bond motifs is 2. The quantitative estimate of drug-likeness (QED) is 0.687. The first-order valence-electron chi connectivity index (χ1n) is 10.1. The Bertz CT molecular complexity index is 1040. The summed E-state index contributed by atoms with van der Waals surface area (Å²) in [5.74, 6) is 0.993. The minimum atomic E-state index is 0.448. The van der Waals surface area contributed by atoms with Gasteiger partial charge in [0, 0.05) is 25.7 Å². The van der Waals surface area contributed by atoms with Gasteiger partial charge in [-0.25, -0.2) is 9.98 Å². The Balaban J connectivity index is 1.49. The molecule has 2 aliphatic heterocycles. The van der Waals surface area contributed by atoms with E-state index in [4.69, 9.17) is 9.98 Å². The zero-order valence-electron chi connectivity index (χ0n) is 16.8. The highest BCUT2D eigenvalue weighted by molar-refractivity contribution is 7.16. The molecule has 0 amide bonds. The molecule has 0 aliphatic carbocycles. The molecule has 0 spiro atoms. The van der Waals surface area contributed by atoms with Crippen LogP contribution in [0.5, 0.6) is 0 Å². The van der Waals surface area contributed by atoms with Crippen LogP contribution in [0.2, 0.25) is 0 Å². The fraction of sp³-hybridized carbons (Fsp3) is 0.304. The van der Waals surface area contributed by atoms with Crippen molar-refractivity contribution in [2.24, 2.45) is 4.99 Å². The van der Waals surface area contributed by atoms with E-state index >= 15 is 0 Å². The first-order valence-corrected chi connectivity index (χ1v) is 10.9. The topological polar surface area (TPSA) is 43.8 Å². The molecule has 1 saturated heterocycles. The standard InChI is InChI=1S/C23H25N5S/c1-16-24-21-22(25-19-10-6-7-11-20(19)26-23(21)29-16)28-13-12-27(2)18(15-28)14-17-8-4-3-5-9-17/h3-11,18,26H,12-15H2,1-2H3. The second-order valence-corrected chi connectivity index (χ2v) is 8.96. The number of anilines is 2. The number of hydrogen-bond donors (Lipinski definition) is 1. The van der Waals surface area contributed by atoms with Gasteiger partial charge in [-0.15, -0.1) is 11.3 Å². The summed E-state index contributed by atoms with van der Waals surface area (Å²) >= 11 is 1.70. The lowest BCUT2D eigenvalue weighted by atomic mass is 10.0. The molecule has 148 valence electrons. The van der Waals surface area contributed by atoms with Crippen molar-refractivity contribution in [1.29, 1.82) is 0 Å². The lowest BCUT2D eigenvalue weighted by Gasteiger charge is -2.40. The molecule has 1 fully saturated rings. The maximum absolute atomic E-state index is 5.09. The van der Waals surface area contributed by atoms with Crippen molar-refractivity contribution in [3.05, 3.63) is 70.9 Å². The molecule has 0 radical (unpaired) electrons. The molecule has 6 heteroatoms. The Kier molecular flexibility index (Phi) is 4.81. The molecule has 1 unspecified atom stereocenters. The number of nitrogens with one attached hydrogen (secondary N) is 1. The summed E-state index contributed by atoms with van der Waals surface area (Å²) in [7, 11) is 2.23. The van der Waals surface area contributed by atoms with Gasteiger partial charge in [0.1, 0.15) is 10.7 Å². The van der Waals surface area contributed by atoms with Crippen LogP contribution in [0, 0.1) is 6.92 Å². The number of hydrogen-bond acceptors (Lipinski definition) is 6. The Morgan fingerprint density at radius 1 is 1.07 bits per heavy atom. The fourth-order valence-electron chi connectivity index (χ4n) is 4.10. The van der Waals surface area contributed by atoms with Crippen LogP contribution in [0.25, 0.3) is 0 Å². The van der Waals surface area contributed by atoms with Gasteiger partial charge < -0.3 is 10.2 Å². The van der Waals surface area contributed by atoms with Crippen molar-refractivity contribution in [1.82, 2.24) is 14.8 Å². The number of piperazine rings is 1. The minimum Gasteiger partial charge on any atom is -0.352 e. The number of benzene rings is 2. The van der Waals surface area contributed by atoms with Crippen LogP contribution in [-0.4, -0.2) is 53.3 Å². The predicted molar refractivity (Wildman–Crippen MR) is 121 cm³/mol. The smallest absolute Gasteiger partial charge is 0.158 e. The van der Waals surface area contributed by atoms with Crippen LogP contribution in [0.3, 0.4) is 0 Å². The Labute approximate surface area is 175 Å². The third-order valence-corrected chi connectivity index (χ3v) is 6.60. The number of nitrogens with zero attached hydrogens (tertiary/aromatic N) is 4. The largest absolute Gasteiger partial charge is 0.352 e. The third-order valence-electron chi connectivity index (χ3n) is 5.72. The fourth-order valence-corrected chi connectivity index (χ4v) is 4.92. The highest BCUT2D eigenvalue weighted by Gasteiger charge is 2.31. The second kappa shape index (κ2) is 7.61. The Morgan fingerprint density at radius 2 is 1.86 bits per heavy atom. The van der Waals surface area contributed by atoms with Crippen LogP contribution >= 0.6 is 11.3 Å². The van der Waals surface area contributed by atoms with Crippen molar-refractivity contribution in [2.45, 2.75) is 19.4 Å². The number of amidine groups is 1. The van der Waals surface area contributed by atoms with E-state index in [1.54, 1.807) is 11.3 Å². The van der Waals surface area contributed by atoms with Gasteiger partial charge in [0.05, 0.1) is 16.4 Å². The SMILES string of the molecule is Cc1nc2c(s1)Nc1ccccc1N=C2N1CCN(C)C(Cc2ccccc2)C1. The van der Waals surface area contributed by atoms with Crippen LogP contribution in [0.15, 0.2) is 59.6 Å². The van der Waals surface area contributed by atoms with Gasteiger partial charge in [0.2, 0.25) is 0 Å². The van der Waals surface area contributed by atoms with E-state index in [2.05, 4.69) is 71.6 Å². The molecule has 29 heavy (non-hydrogen) atoms. The van der Waals surface area contributed by atoms with Gasteiger partial charge in [-0.1, -0.05) is 42.5 Å². The summed E-state index contributed by atoms with van der Waals surface area (Å²) in [5, 5.41) is 5.70. The lowest BCUT2D eigenvalue weighted by molar-refractivity contribution is 0.140. The zero-order chi connectivity index (χ0) is 19.8. The van der Waals surface area contributed by atoms with E-state index in [0.29, 0.717) is 6.04 Å². The Hall–Kier alpha value is -2.70. The molecule has 5 rings (SSSR count). The van der Waals surface area contributed by atoms with Crippen LogP contribution in [0.4, 0.5) is 16.4 Å². The van der Waals surface area contributed by atoms with E-state index < -0.39 is 0 Å². The summed E-state index contributed by atoms with van der Waals surface area (Å²) in [5.41, 5.74) is 4.38. The number of aromatic nitrogens is 1. The molecule has 1 atom stereocenters. The van der Waals surface area contributed by atoms with Gasteiger partial charge in [-0.2, -0.15) is 0 Å². The zero-order valence-corrected chi connectivity index (χ0v) is 17.6. The average molecular weight is 404 g/mol. The summed E-state index contributed by atoms with van der Waals surface area (Å²) in [6, 6.07) is 19.5. The molecular weight excluding hydrogens is 378 g/mol. The van der Waals surface area contributed by atoms with Gasteiger partial charge in [-0.05, 0) is 38.1 Å². The van der Waals surface area contributed by atoms with Crippen molar-refractivity contribution in [3.8, 4) is 0 Å². The van der Waals surface area contributed by atoms with Gasteiger partial charge in [0.25, 0.3) is 0 Å². The van der Waals surface area contributed by atoms with Crippen LogP contribution in [0.1, 0.15) is 16.3 Å². The monoisotopic (exact) mass is 403 g/mol. The molecule has 0 bridgehead atoms. The van der Waals surface area contributed by atoms with Gasteiger partial charge >= 0.3 is 0 Å². The predicted octanol–water partition coefficient (Wildman–Crippen LogP) is 4.45. The number of para-hydroxylation sites is 2. The van der Waals surface area contributed by atoms with E-state index in [-0.39, 0.29) is 0 Å². The molecule has 3 aromatic rings. The van der Waals surface area contributed by atoms with E-state index in [0.717, 1.165) is 59.0 Å². The number of likely N-dealkylation sites (N-methyl/N-ethyl adjacent to an activating group) is 1. The maximum Gasteiger partial charge on any atom is 0.158 e. The van der Waals surface area contributed by atoms with E-state index in [1.165, 1.54) is 5.56 Å². The van der Waals surface area contributed by atoms with Crippen LogP contribution in [-0.2, 0) is 6.42 Å². The van der Waals surface area contributed by atoms with Crippen LogP contribution < -0.4 is 5.32 Å². The molecule has 1 N–H and O–H groups in total. The summed E-state index contributed by atoms with van der Waals surface area (Å²) < 4.78 is 0. The van der Waals surface area contributed by atoms with Crippen molar-refractivity contribution in [3.63, 3.8) is 0 Å². The number of aryl methyl sites for hydroxylation is 1. The lowest BCUT2D eigenvalue weighted by Crippen LogP contribution is -2.54. The molecule has 1 aromatic heterocycles. The molecular formula is C23H25N5S. The normalized spacial score (nSPS) is 19.0. The minimum absolute atomic E-state index is 0.448. The maximum atomic E-state index is 5.09. The van der Waals surface area contributed by atoms with E-state index in [9.17, 15) is 0 Å². The first-order chi connectivity index (χ1) is 14.2. The van der Waals surface area contributed by atoms with Crippen molar-refractivity contribution >= 4 is 33.5 Å². The molecule has 3 heterocycles. The van der Waals surface area contributed by atoms with Crippen molar-refractivity contribution in [2.75, 3.05) is 32.0 Å². The highest BCUT2D eigenvalue weighted by atomic mass is 32.1. The molecule has 0 saturated carbocycles. The highest BCUT2D eigenvalue weighted by Crippen LogP contribution is 2.37. The number of thiazole rings is 1. The molecule has 5 nitrogen and oxygen atoms in total. The third kappa shape index (κ3) is 3.66. The number of aliphatic imine (C=N–C) groups is 1. The van der Waals surface area contributed by atoms with Crippen molar-refractivity contribution < 1.29 is 0 Å². The average Bonchev–Trinajstić information content (AvgIpc) is 3.02. The molecule has 2 aliphatic rings. The summed E-state index contributed by atoms with van der Waals surface area (Å²) in [6.45, 7) is 4.98. The summed E-state index contributed by atoms with van der Waals surface area (Å²) in [6.07, 6.45) is 1.04. The van der Waals surface area contributed by atoms with E-state index in [1.807, 2.05) is 12.1 Å².